The molecule has 2 nitrogen and oxygen atoms in total. The SMILES string of the molecule is CCC(Cl)CNCC1CCC(C)O1. The number of hydrogen-bond donors (Lipinski definition) is 1. The summed E-state index contributed by atoms with van der Waals surface area (Å²) in [5, 5.41) is 3.60. The van der Waals surface area contributed by atoms with Gasteiger partial charge in [0.05, 0.1) is 12.2 Å². The Kier molecular flexibility index (Phi) is 5.07. The van der Waals surface area contributed by atoms with Crippen molar-refractivity contribution in [3.05, 3.63) is 0 Å². The second-order valence-electron chi connectivity index (χ2n) is 3.81. The zero-order chi connectivity index (χ0) is 9.68. The first-order valence-electron chi connectivity index (χ1n) is 5.22. The summed E-state index contributed by atoms with van der Waals surface area (Å²) in [5.74, 6) is 0. The maximum Gasteiger partial charge on any atom is 0.0704 e. The Morgan fingerprint density at radius 3 is 2.85 bits per heavy atom. The normalized spacial score (nSPS) is 30.7. The second kappa shape index (κ2) is 5.84. The van der Waals surface area contributed by atoms with Crippen molar-refractivity contribution in [2.45, 2.75) is 50.7 Å². The van der Waals surface area contributed by atoms with E-state index in [4.69, 9.17) is 16.3 Å². The summed E-state index contributed by atoms with van der Waals surface area (Å²) in [4.78, 5) is 0. The van der Waals surface area contributed by atoms with Gasteiger partial charge in [0.25, 0.3) is 0 Å². The highest BCUT2D eigenvalue weighted by molar-refractivity contribution is 6.20. The topological polar surface area (TPSA) is 21.3 Å². The van der Waals surface area contributed by atoms with E-state index in [1.54, 1.807) is 0 Å². The van der Waals surface area contributed by atoms with Crippen molar-refractivity contribution in [2.75, 3.05) is 13.1 Å². The van der Waals surface area contributed by atoms with Crippen molar-refractivity contribution < 1.29 is 4.74 Å². The van der Waals surface area contributed by atoms with Crippen LogP contribution in [0.4, 0.5) is 0 Å². The average molecular weight is 206 g/mol. The van der Waals surface area contributed by atoms with E-state index in [1.807, 2.05) is 0 Å². The lowest BCUT2D eigenvalue weighted by molar-refractivity contribution is 0.0562. The molecule has 0 amide bonds. The Balaban J connectivity index is 2.00. The van der Waals surface area contributed by atoms with E-state index in [-0.39, 0.29) is 5.38 Å². The van der Waals surface area contributed by atoms with Crippen LogP contribution in [0.2, 0.25) is 0 Å². The Morgan fingerprint density at radius 2 is 2.31 bits per heavy atom. The summed E-state index contributed by atoms with van der Waals surface area (Å²) in [6.45, 7) is 6.09. The van der Waals surface area contributed by atoms with Gasteiger partial charge < -0.3 is 10.1 Å². The molecular formula is C10H20ClNO. The molecule has 1 N–H and O–H groups in total. The van der Waals surface area contributed by atoms with Crippen molar-refractivity contribution >= 4 is 11.6 Å². The van der Waals surface area contributed by atoms with Gasteiger partial charge in [0.15, 0.2) is 0 Å². The monoisotopic (exact) mass is 205 g/mol. The van der Waals surface area contributed by atoms with Crippen LogP contribution < -0.4 is 5.32 Å². The lowest BCUT2D eigenvalue weighted by Gasteiger charge is -2.13. The molecule has 78 valence electrons. The van der Waals surface area contributed by atoms with Crippen LogP contribution in [0.25, 0.3) is 0 Å². The maximum atomic E-state index is 5.98. The van der Waals surface area contributed by atoms with Gasteiger partial charge in [-0.25, -0.2) is 0 Å². The maximum absolute atomic E-state index is 5.98. The zero-order valence-corrected chi connectivity index (χ0v) is 9.31. The minimum atomic E-state index is 0.263. The Bertz CT molecular complexity index is 143. The van der Waals surface area contributed by atoms with E-state index in [1.165, 1.54) is 12.8 Å². The summed E-state index contributed by atoms with van der Waals surface area (Å²) in [6, 6.07) is 0. The Labute approximate surface area is 86.0 Å². The minimum Gasteiger partial charge on any atom is -0.374 e. The van der Waals surface area contributed by atoms with Gasteiger partial charge in [-0.15, -0.1) is 11.6 Å². The van der Waals surface area contributed by atoms with Crippen LogP contribution in [0.5, 0.6) is 0 Å². The molecule has 1 saturated heterocycles. The molecule has 0 aliphatic carbocycles. The first kappa shape index (κ1) is 11.3. The molecule has 1 rings (SSSR count). The highest BCUT2D eigenvalue weighted by Crippen LogP contribution is 2.18. The number of ether oxygens (including phenoxy) is 1. The number of halogens is 1. The molecule has 1 heterocycles. The van der Waals surface area contributed by atoms with Crippen LogP contribution in [-0.2, 0) is 4.74 Å². The van der Waals surface area contributed by atoms with Gasteiger partial charge in [-0.2, -0.15) is 0 Å². The lowest BCUT2D eigenvalue weighted by Crippen LogP contribution is -2.31. The van der Waals surface area contributed by atoms with Crippen LogP contribution in [0.15, 0.2) is 0 Å². The third-order valence-corrected chi connectivity index (χ3v) is 2.96. The van der Waals surface area contributed by atoms with Crippen molar-refractivity contribution in [1.82, 2.24) is 5.32 Å². The van der Waals surface area contributed by atoms with E-state index in [0.717, 1.165) is 19.5 Å². The van der Waals surface area contributed by atoms with Crippen LogP contribution in [0, 0.1) is 0 Å². The Hall–Kier alpha value is 0.210. The van der Waals surface area contributed by atoms with Gasteiger partial charge >= 0.3 is 0 Å². The zero-order valence-electron chi connectivity index (χ0n) is 8.55. The number of alkyl halides is 1. The highest BCUT2D eigenvalue weighted by Gasteiger charge is 2.21. The third kappa shape index (κ3) is 4.30. The fourth-order valence-electron chi connectivity index (χ4n) is 1.58. The van der Waals surface area contributed by atoms with Crippen LogP contribution in [0.3, 0.4) is 0 Å². The molecule has 0 radical (unpaired) electrons. The molecule has 3 heteroatoms. The smallest absolute Gasteiger partial charge is 0.0704 e. The molecule has 1 aliphatic heterocycles. The van der Waals surface area contributed by atoms with Gasteiger partial charge in [-0.3, -0.25) is 0 Å². The molecule has 0 aromatic rings. The van der Waals surface area contributed by atoms with E-state index in [2.05, 4.69) is 19.2 Å². The van der Waals surface area contributed by atoms with E-state index in [0.29, 0.717) is 12.2 Å². The van der Waals surface area contributed by atoms with Crippen molar-refractivity contribution in [1.29, 1.82) is 0 Å². The highest BCUT2D eigenvalue weighted by atomic mass is 35.5. The average Bonchev–Trinajstić information content (AvgIpc) is 2.51. The third-order valence-electron chi connectivity index (χ3n) is 2.50. The molecule has 0 aromatic carbocycles. The van der Waals surface area contributed by atoms with E-state index >= 15 is 0 Å². The molecular weight excluding hydrogens is 186 g/mol. The lowest BCUT2D eigenvalue weighted by atomic mass is 10.2. The van der Waals surface area contributed by atoms with E-state index < -0.39 is 0 Å². The summed E-state index contributed by atoms with van der Waals surface area (Å²) in [7, 11) is 0. The minimum absolute atomic E-state index is 0.263. The van der Waals surface area contributed by atoms with Crippen LogP contribution >= 0.6 is 11.6 Å². The predicted molar refractivity (Wildman–Crippen MR) is 56.4 cm³/mol. The Morgan fingerprint density at radius 1 is 1.54 bits per heavy atom. The first-order valence-corrected chi connectivity index (χ1v) is 5.66. The standard InChI is InChI=1S/C10H20ClNO/c1-3-9(11)6-12-7-10-5-4-8(2)13-10/h8-10,12H,3-7H2,1-2H3. The van der Waals surface area contributed by atoms with Gasteiger partial charge in [-0.05, 0) is 26.2 Å². The fourth-order valence-corrected chi connectivity index (χ4v) is 1.69. The summed E-state index contributed by atoms with van der Waals surface area (Å²) >= 11 is 5.98. The van der Waals surface area contributed by atoms with Gasteiger partial charge in [0.2, 0.25) is 0 Å². The first-order chi connectivity index (χ1) is 6.22. The summed E-state index contributed by atoms with van der Waals surface area (Å²) in [5.41, 5.74) is 0. The summed E-state index contributed by atoms with van der Waals surface area (Å²) < 4.78 is 5.67. The molecule has 1 aliphatic rings. The van der Waals surface area contributed by atoms with Crippen LogP contribution in [-0.4, -0.2) is 30.7 Å². The van der Waals surface area contributed by atoms with Crippen LogP contribution in [0.1, 0.15) is 33.1 Å². The van der Waals surface area contributed by atoms with Gasteiger partial charge in [0, 0.05) is 18.5 Å². The summed E-state index contributed by atoms with van der Waals surface area (Å²) in [6.07, 6.45) is 4.27. The molecule has 0 bridgehead atoms. The van der Waals surface area contributed by atoms with E-state index in [9.17, 15) is 0 Å². The molecule has 3 atom stereocenters. The van der Waals surface area contributed by atoms with Gasteiger partial charge in [-0.1, -0.05) is 6.92 Å². The molecule has 0 saturated carbocycles. The van der Waals surface area contributed by atoms with Crippen molar-refractivity contribution in [3.8, 4) is 0 Å². The predicted octanol–water partition coefficient (Wildman–Crippen LogP) is 2.16. The largest absolute Gasteiger partial charge is 0.374 e. The molecule has 3 unspecified atom stereocenters. The van der Waals surface area contributed by atoms with Gasteiger partial charge in [0.1, 0.15) is 0 Å². The number of rotatable bonds is 5. The molecule has 0 aromatic heterocycles. The molecule has 1 fully saturated rings. The number of nitrogens with one attached hydrogen (secondary N) is 1. The molecule has 13 heavy (non-hydrogen) atoms. The quantitative estimate of drug-likeness (QED) is 0.695. The second-order valence-corrected chi connectivity index (χ2v) is 4.43. The fraction of sp³-hybridized carbons (Fsp3) is 1.00. The van der Waals surface area contributed by atoms with Crippen molar-refractivity contribution in [2.24, 2.45) is 0 Å². The molecule has 0 spiro atoms. The number of hydrogen-bond acceptors (Lipinski definition) is 2. The van der Waals surface area contributed by atoms with Crippen molar-refractivity contribution in [3.63, 3.8) is 0 Å².